The molecule has 3 N–H and O–H groups in total. The highest BCUT2D eigenvalue weighted by molar-refractivity contribution is 6.30. The molecule has 2 aromatic rings. The molecule has 2 atom stereocenters. The Morgan fingerprint density at radius 3 is 2.89 bits per heavy atom. The molecule has 3 rings (SSSR count). The van der Waals surface area contributed by atoms with Gasteiger partial charge in [0.25, 0.3) is 0 Å². The van der Waals surface area contributed by atoms with E-state index in [2.05, 4.69) is 22.0 Å². The van der Waals surface area contributed by atoms with E-state index < -0.39 is 0 Å². The van der Waals surface area contributed by atoms with Gasteiger partial charge in [0.1, 0.15) is 0 Å². The van der Waals surface area contributed by atoms with E-state index in [1.807, 2.05) is 30.3 Å². The Balaban J connectivity index is 2.03. The van der Waals surface area contributed by atoms with Crippen molar-refractivity contribution in [3.8, 4) is 6.07 Å². The number of fused-ring (bicyclic) bond motifs is 1. The minimum atomic E-state index is -0.282. The van der Waals surface area contributed by atoms with Gasteiger partial charge in [-0.15, -0.1) is 0 Å². The monoisotopic (exact) mass is 384 g/mol. The summed E-state index contributed by atoms with van der Waals surface area (Å²) in [4.78, 5) is 11.6. The number of carbonyl (C=O) groups excluding carboxylic acids is 1. The maximum Gasteiger partial charge on any atom is 0.221 e. The lowest BCUT2D eigenvalue weighted by Gasteiger charge is -2.33. The fourth-order valence-electron chi connectivity index (χ4n) is 3.26. The van der Waals surface area contributed by atoms with Crippen molar-refractivity contribution in [2.24, 2.45) is 5.92 Å². The van der Waals surface area contributed by atoms with Gasteiger partial charge >= 0.3 is 0 Å². The summed E-state index contributed by atoms with van der Waals surface area (Å²) < 4.78 is 5.26. The highest BCUT2D eigenvalue weighted by Crippen LogP contribution is 2.39. The quantitative estimate of drug-likeness (QED) is 0.720. The number of methoxy groups -OCH3 is 1. The van der Waals surface area contributed by atoms with E-state index in [1.54, 1.807) is 13.2 Å². The Kier molecular flexibility index (Phi) is 5.84. The number of nitrogens with one attached hydrogen (secondary N) is 3. The molecule has 1 aliphatic rings. The largest absolute Gasteiger partial charge is 0.383 e. The van der Waals surface area contributed by atoms with E-state index in [0.29, 0.717) is 23.9 Å². The van der Waals surface area contributed by atoms with Gasteiger partial charge in [-0.3, -0.25) is 4.79 Å². The number of halogens is 1. The van der Waals surface area contributed by atoms with Crippen molar-refractivity contribution in [3.05, 3.63) is 52.5 Å². The van der Waals surface area contributed by atoms with Crippen molar-refractivity contribution >= 4 is 34.6 Å². The molecule has 0 saturated heterocycles. The summed E-state index contributed by atoms with van der Waals surface area (Å²) in [6, 6.07) is 13.4. The van der Waals surface area contributed by atoms with Crippen LogP contribution in [0.25, 0.3) is 0 Å². The molecule has 6 nitrogen and oxygen atoms in total. The SMILES string of the molecule is COCc1cc2c(cc1NC(C)=O)C(Nc1cccc(Cl)c1)C(C#N)CN2. The molecular weight excluding hydrogens is 364 g/mol. The molecule has 0 spiro atoms. The zero-order valence-electron chi connectivity index (χ0n) is 15.2. The number of rotatable bonds is 5. The first-order chi connectivity index (χ1) is 13.0. The van der Waals surface area contributed by atoms with Crippen LogP contribution in [0.5, 0.6) is 0 Å². The summed E-state index contributed by atoms with van der Waals surface area (Å²) >= 11 is 6.09. The fourth-order valence-corrected chi connectivity index (χ4v) is 3.45. The van der Waals surface area contributed by atoms with Crippen molar-refractivity contribution < 1.29 is 9.53 Å². The van der Waals surface area contributed by atoms with Crippen LogP contribution in [0.3, 0.4) is 0 Å². The molecule has 0 fully saturated rings. The van der Waals surface area contributed by atoms with Gasteiger partial charge < -0.3 is 20.7 Å². The first kappa shape index (κ1) is 19.0. The van der Waals surface area contributed by atoms with Gasteiger partial charge in [-0.05, 0) is 30.3 Å². The summed E-state index contributed by atoms with van der Waals surface area (Å²) in [6.45, 7) is 2.36. The molecule has 1 amide bonds. The molecule has 0 aliphatic carbocycles. The predicted octanol–water partition coefficient (Wildman–Crippen LogP) is 4.16. The van der Waals surface area contributed by atoms with Crippen LogP contribution in [0.1, 0.15) is 24.1 Å². The Morgan fingerprint density at radius 1 is 1.41 bits per heavy atom. The fraction of sp³-hybridized carbons (Fsp3) is 0.300. The van der Waals surface area contributed by atoms with E-state index in [4.69, 9.17) is 16.3 Å². The molecule has 0 saturated carbocycles. The lowest BCUT2D eigenvalue weighted by molar-refractivity contribution is -0.114. The van der Waals surface area contributed by atoms with Gasteiger partial charge in [0.2, 0.25) is 5.91 Å². The zero-order valence-corrected chi connectivity index (χ0v) is 15.9. The number of hydrogen-bond donors (Lipinski definition) is 3. The third-order valence-corrected chi connectivity index (χ3v) is 4.68. The van der Waals surface area contributed by atoms with Crippen LogP contribution in [0, 0.1) is 17.2 Å². The summed E-state index contributed by atoms with van der Waals surface area (Å²) in [7, 11) is 1.61. The van der Waals surface area contributed by atoms with Crippen LogP contribution in [-0.2, 0) is 16.1 Å². The first-order valence-corrected chi connectivity index (χ1v) is 8.98. The van der Waals surface area contributed by atoms with Crippen molar-refractivity contribution in [2.75, 3.05) is 29.6 Å². The van der Waals surface area contributed by atoms with E-state index in [9.17, 15) is 10.1 Å². The van der Waals surface area contributed by atoms with Crippen LogP contribution in [0.15, 0.2) is 36.4 Å². The molecule has 2 unspecified atom stereocenters. The number of hydrogen-bond acceptors (Lipinski definition) is 5. The standard InChI is InChI=1S/C20H21ClN4O2/c1-12(26)24-18-8-17-19(6-13(18)11-27-2)23-10-14(9-22)20(17)25-16-5-3-4-15(21)7-16/h3-8,14,20,23,25H,10-11H2,1-2H3,(H,24,26). The molecule has 27 heavy (non-hydrogen) atoms. The Hall–Kier alpha value is -2.75. The third kappa shape index (κ3) is 4.33. The minimum Gasteiger partial charge on any atom is -0.383 e. The lowest BCUT2D eigenvalue weighted by Crippen LogP contribution is -2.31. The number of ether oxygens (including phenoxy) is 1. The van der Waals surface area contributed by atoms with Crippen LogP contribution in [-0.4, -0.2) is 19.6 Å². The number of nitrogens with zero attached hydrogens (tertiary/aromatic N) is 1. The Morgan fingerprint density at radius 2 is 2.22 bits per heavy atom. The number of nitriles is 1. The van der Waals surface area contributed by atoms with Gasteiger partial charge in [-0.25, -0.2) is 0 Å². The van der Waals surface area contributed by atoms with Gasteiger partial charge in [0.05, 0.1) is 24.6 Å². The van der Waals surface area contributed by atoms with Crippen LogP contribution >= 0.6 is 11.6 Å². The normalized spacial score (nSPS) is 18.0. The molecular formula is C20H21ClN4O2. The maximum atomic E-state index is 11.6. The van der Waals surface area contributed by atoms with Gasteiger partial charge in [-0.2, -0.15) is 5.26 Å². The van der Waals surface area contributed by atoms with Gasteiger partial charge in [0.15, 0.2) is 0 Å². The third-order valence-electron chi connectivity index (χ3n) is 4.45. The number of amides is 1. The Bertz CT molecular complexity index is 894. The second kappa shape index (κ2) is 8.30. The number of carbonyl (C=O) groups is 1. The highest BCUT2D eigenvalue weighted by atomic mass is 35.5. The van der Waals surface area contributed by atoms with Gasteiger partial charge in [-0.1, -0.05) is 17.7 Å². The van der Waals surface area contributed by atoms with E-state index in [1.165, 1.54) is 6.92 Å². The van der Waals surface area contributed by atoms with E-state index in [0.717, 1.165) is 22.5 Å². The molecule has 2 aromatic carbocycles. The summed E-state index contributed by atoms with van der Waals surface area (Å²) in [5.41, 5.74) is 4.22. The van der Waals surface area contributed by atoms with Crippen molar-refractivity contribution in [1.82, 2.24) is 0 Å². The van der Waals surface area contributed by atoms with Crippen LogP contribution < -0.4 is 16.0 Å². The van der Waals surface area contributed by atoms with Crippen molar-refractivity contribution in [1.29, 1.82) is 5.26 Å². The molecule has 1 heterocycles. The molecule has 7 heteroatoms. The summed E-state index contributed by atoms with van der Waals surface area (Å²) in [5.74, 6) is -0.442. The predicted molar refractivity (Wildman–Crippen MR) is 107 cm³/mol. The molecule has 0 radical (unpaired) electrons. The molecule has 1 aliphatic heterocycles. The minimum absolute atomic E-state index is 0.160. The van der Waals surface area contributed by atoms with Crippen molar-refractivity contribution in [2.45, 2.75) is 19.6 Å². The van der Waals surface area contributed by atoms with Crippen LogP contribution in [0.4, 0.5) is 17.1 Å². The summed E-state index contributed by atoms with van der Waals surface area (Å²) in [6.07, 6.45) is 0. The smallest absolute Gasteiger partial charge is 0.221 e. The zero-order chi connectivity index (χ0) is 19.4. The second-order valence-electron chi connectivity index (χ2n) is 6.46. The van der Waals surface area contributed by atoms with E-state index >= 15 is 0 Å². The number of benzene rings is 2. The second-order valence-corrected chi connectivity index (χ2v) is 6.90. The van der Waals surface area contributed by atoms with E-state index in [-0.39, 0.29) is 17.9 Å². The topological polar surface area (TPSA) is 86.2 Å². The first-order valence-electron chi connectivity index (χ1n) is 8.60. The average molecular weight is 385 g/mol. The van der Waals surface area contributed by atoms with Crippen LogP contribution in [0.2, 0.25) is 5.02 Å². The highest BCUT2D eigenvalue weighted by Gasteiger charge is 2.31. The average Bonchev–Trinajstić information content (AvgIpc) is 2.62. The van der Waals surface area contributed by atoms with Crippen molar-refractivity contribution in [3.63, 3.8) is 0 Å². The molecule has 140 valence electrons. The summed E-state index contributed by atoms with van der Waals surface area (Å²) in [5, 5.41) is 19.8. The maximum absolute atomic E-state index is 11.6. The Labute approximate surface area is 163 Å². The molecule has 0 aromatic heterocycles. The lowest BCUT2D eigenvalue weighted by atomic mass is 9.87. The van der Waals surface area contributed by atoms with Gasteiger partial charge in [0, 0.05) is 53.8 Å². The molecule has 0 bridgehead atoms. The number of anilines is 3.